The van der Waals surface area contributed by atoms with Gasteiger partial charge in [0.25, 0.3) is 0 Å². The van der Waals surface area contributed by atoms with Gasteiger partial charge in [-0.1, -0.05) is 0 Å². The van der Waals surface area contributed by atoms with Gasteiger partial charge in [0.2, 0.25) is 0 Å². The molecular weight excluding hydrogens is 304 g/mol. The quantitative estimate of drug-likeness (QED) is 0.558. The summed E-state index contributed by atoms with van der Waals surface area (Å²) in [5.41, 5.74) is 13.6. The summed E-state index contributed by atoms with van der Waals surface area (Å²) in [7, 11) is 0. The van der Waals surface area contributed by atoms with Gasteiger partial charge in [-0.3, -0.25) is 9.59 Å². The lowest BCUT2D eigenvalue weighted by atomic mass is 9.83. The first-order valence-corrected chi connectivity index (χ1v) is 7.36. The second-order valence-electron chi connectivity index (χ2n) is 5.62. The number of nitrogens with zero attached hydrogens (tertiary/aromatic N) is 2. The molecule has 0 aromatic heterocycles. The zero-order chi connectivity index (χ0) is 17.4. The van der Waals surface area contributed by atoms with E-state index >= 15 is 0 Å². The van der Waals surface area contributed by atoms with E-state index in [2.05, 4.69) is 9.98 Å². The van der Waals surface area contributed by atoms with E-state index in [0.29, 0.717) is 45.3 Å². The van der Waals surface area contributed by atoms with Crippen LogP contribution in [-0.4, -0.2) is 23.2 Å². The third-order valence-electron chi connectivity index (χ3n) is 3.60. The van der Waals surface area contributed by atoms with E-state index in [1.54, 1.807) is 50.2 Å². The highest BCUT2D eigenvalue weighted by molar-refractivity contribution is 6.28. The van der Waals surface area contributed by atoms with Crippen LogP contribution in [0.4, 0.5) is 11.4 Å². The summed E-state index contributed by atoms with van der Waals surface area (Å²) in [4.78, 5) is 33.7. The molecule has 0 amide bonds. The molecule has 1 aliphatic carbocycles. The molecule has 0 saturated carbocycles. The Bertz CT molecular complexity index is 857. The Morgan fingerprint density at radius 1 is 0.708 bits per heavy atom. The molecule has 2 aromatic rings. The summed E-state index contributed by atoms with van der Waals surface area (Å²) in [6, 6.07) is 9.71. The van der Waals surface area contributed by atoms with E-state index < -0.39 is 0 Å². The molecule has 0 fully saturated rings. The lowest BCUT2D eigenvalue weighted by molar-refractivity contribution is 0.0979. The lowest BCUT2D eigenvalue weighted by Crippen LogP contribution is -2.20. The van der Waals surface area contributed by atoms with Gasteiger partial charge >= 0.3 is 0 Å². The summed E-state index contributed by atoms with van der Waals surface area (Å²) in [6.45, 7) is 3.31. The van der Waals surface area contributed by atoms with Gasteiger partial charge in [-0.05, 0) is 50.2 Å². The highest BCUT2D eigenvalue weighted by Gasteiger charge is 2.30. The standard InChI is InChI=1S/C18H16N4O2/c1-9(19)21-11-3-5-13-15(7-11)17(23)14-6-4-12(22-10(2)20)8-16(14)18(13)24/h3-8H,1-2H3,(H2,19,21)(H2,20,22). The molecule has 0 spiro atoms. The molecule has 1 aliphatic rings. The number of amidine groups is 2. The van der Waals surface area contributed by atoms with Crippen molar-refractivity contribution < 1.29 is 9.59 Å². The summed E-state index contributed by atoms with van der Waals surface area (Å²) in [6.07, 6.45) is 0. The van der Waals surface area contributed by atoms with Crippen LogP contribution in [0.5, 0.6) is 0 Å². The second-order valence-corrected chi connectivity index (χ2v) is 5.62. The number of rotatable bonds is 2. The fourth-order valence-corrected chi connectivity index (χ4v) is 2.67. The average molecular weight is 320 g/mol. The van der Waals surface area contributed by atoms with Crippen molar-refractivity contribution in [3.05, 3.63) is 58.7 Å². The van der Waals surface area contributed by atoms with Gasteiger partial charge in [0.1, 0.15) is 0 Å². The third-order valence-corrected chi connectivity index (χ3v) is 3.60. The van der Waals surface area contributed by atoms with Gasteiger partial charge in [-0.15, -0.1) is 0 Å². The normalized spacial score (nSPS) is 14.4. The molecule has 120 valence electrons. The predicted molar refractivity (Wildman–Crippen MR) is 93.7 cm³/mol. The first-order valence-electron chi connectivity index (χ1n) is 7.36. The molecule has 0 atom stereocenters. The largest absolute Gasteiger partial charge is 0.387 e. The van der Waals surface area contributed by atoms with Crippen LogP contribution in [0.25, 0.3) is 0 Å². The van der Waals surface area contributed by atoms with Crippen molar-refractivity contribution >= 4 is 34.6 Å². The van der Waals surface area contributed by atoms with E-state index in [-0.39, 0.29) is 11.6 Å². The minimum Gasteiger partial charge on any atom is -0.387 e. The Morgan fingerprint density at radius 2 is 1.08 bits per heavy atom. The maximum Gasteiger partial charge on any atom is 0.194 e. The van der Waals surface area contributed by atoms with Crippen LogP contribution >= 0.6 is 0 Å². The van der Waals surface area contributed by atoms with Gasteiger partial charge in [0.05, 0.1) is 23.0 Å². The number of carbonyl (C=O) groups excluding carboxylic acids is 2. The highest BCUT2D eigenvalue weighted by atomic mass is 16.1. The number of nitrogens with two attached hydrogens (primary N) is 2. The van der Waals surface area contributed by atoms with Crippen LogP contribution in [-0.2, 0) is 0 Å². The molecule has 3 rings (SSSR count). The summed E-state index contributed by atoms with van der Waals surface area (Å²) in [5, 5.41) is 0. The minimum atomic E-state index is -0.216. The Hall–Kier alpha value is -3.28. The number of fused-ring (bicyclic) bond motifs is 2. The van der Waals surface area contributed by atoms with Gasteiger partial charge in [0.15, 0.2) is 11.6 Å². The third kappa shape index (κ3) is 2.69. The Morgan fingerprint density at radius 3 is 1.42 bits per heavy atom. The maximum absolute atomic E-state index is 12.7. The zero-order valence-electron chi connectivity index (χ0n) is 13.3. The van der Waals surface area contributed by atoms with Crippen molar-refractivity contribution in [2.45, 2.75) is 13.8 Å². The molecule has 2 aromatic carbocycles. The summed E-state index contributed by atoms with van der Waals surface area (Å²) < 4.78 is 0. The molecule has 0 aliphatic heterocycles. The smallest absolute Gasteiger partial charge is 0.194 e. The Balaban J connectivity index is 2.14. The molecule has 4 N–H and O–H groups in total. The van der Waals surface area contributed by atoms with Crippen molar-refractivity contribution in [3.8, 4) is 0 Å². The van der Waals surface area contributed by atoms with Crippen molar-refractivity contribution in [2.75, 3.05) is 0 Å². The van der Waals surface area contributed by atoms with Crippen molar-refractivity contribution in [1.29, 1.82) is 0 Å². The van der Waals surface area contributed by atoms with Gasteiger partial charge in [0, 0.05) is 22.3 Å². The predicted octanol–water partition coefficient (Wildman–Crippen LogP) is 2.48. The summed E-state index contributed by atoms with van der Waals surface area (Å²) in [5.74, 6) is 0.326. The fraction of sp³-hybridized carbons (Fsp3) is 0.111. The molecule has 0 unspecified atom stereocenters. The van der Waals surface area contributed by atoms with E-state index in [4.69, 9.17) is 11.5 Å². The number of benzene rings is 2. The van der Waals surface area contributed by atoms with Crippen LogP contribution in [0.15, 0.2) is 46.4 Å². The van der Waals surface area contributed by atoms with Gasteiger partial charge in [-0.25, -0.2) is 9.98 Å². The number of hydrogen-bond donors (Lipinski definition) is 2. The highest BCUT2D eigenvalue weighted by Crippen LogP contribution is 2.32. The van der Waals surface area contributed by atoms with Crippen LogP contribution in [0.3, 0.4) is 0 Å². The monoisotopic (exact) mass is 320 g/mol. The number of carbonyl (C=O) groups is 2. The number of hydrogen-bond acceptors (Lipinski definition) is 4. The molecule has 6 heteroatoms. The lowest BCUT2D eigenvalue weighted by Gasteiger charge is -2.18. The minimum absolute atomic E-state index is 0.216. The SMILES string of the molecule is CC(N)=Nc1ccc2c(c1)C(=O)c1ccc(N=C(C)N)cc1C2=O. The molecule has 0 heterocycles. The molecule has 0 bridgehead atoms. The fourth-order valence-electron chi connectivity index (χ4n) is 2.67. The zero-order valence-corrected chi connectivity index (χ0v) is 13.3. The van der Waals surface area contributed by atoms with Gasteiger partial charge in [-0.2, -0.15) is 0 Å². The second kappa shape index (κ2) is 5.73. The topological polar surface area (TPSA) is 111 Å². The van der Waals surface area contributed by atoms with E-state index in [1.807, 2.05) is 0 Å². The molecule has 0 saturated heterocycles. The van der Waals surface area contributed by atoms with E-state index in [0.717, 1.165) is 0 Å². The molecule has 24 heavy (non-hydrogen) atoms. The molecular formula is C18H16N4O2. The maximum atomic E-state index is 12.7. The molecule has 0 radical (unpaired) electrons. The van der Waals surface area contributed by atoms with Crippen LogP contribution in [0.2, 0.25) is 0 Å². The average Bonchev–Trinajstić information content (AvgIpc) is 2.51. The van der Waals surface area contributed by atoms with Crippen molar-refractivity contribution in [3.63, 3.8) is 0 Å². The van der Waals surface area contributed by atoms with Gasteiger partial charge < -0.3 is 11.5 Å². The van der Waals surface area contributed by atoms with Crippen molar-refractivity contribution in [1.82, 2.24) is 0 Å². The first-order chi connectivity index (χ1) is 11.4. The number of aliphatic imine (C=N–C) groups is 2. The van der Waals surface area contributed by atoms with Crippen LogP contribution < -0.4 is 11.5 Å². The van der Waals surface area contributed by atoms with Crippen molar-refractivity contribution in [2.24, 2.45) is 21.5 Å². The van der Waals surface area contributed by atoms with E-state index in [9.17, 15) is 9.59 Å². The Kier molecular flexibility index (Phi) is 3.73. The van der Waals surface area contributed by atoms with Crippen LogP contribution in [0, 0.1) is 0 Å². The first kappa shape index (κ1) is 15.6. The summed E-state index contributed by atoms with van der Waals surface area (Å²) >= 11 is 0. The van der Waals surface area contributed by atoms with E-state index in [1.165, 1.54) is 0 Å². The van der Waals surface area contributed by atoms with Crippen LogP contribution in [0.1, 0.15) is 45.7 Å². The molecule has 6 nitrogen and oxygen atoms in total. The number of ketones is 2. The Labute approximate surface area is 138 Å².